The van der Waals surface area contributed by atoms with Crippen molar-refractivity contribution >= 4 is 39.3 Å². The van der Waals surface area contributed by atoms with Crippen LogP contribution in [0, 0.1) is 21.4 Å². The number of benzene rings is 2. The highest BCUT2D eigenvalue weighted by atomic mass is 32.1. The number of fused-ring (bicyclic) bond motifs is 2. The van der Waals surface area contributed by atoms with Gasteiger partial charge in [-0.05, 0) is 24.3 Å². The van der Waals surface area contributed by atoms with Gasteiger partial charge in [-0.15, -0.1) is 11.3 Å². The second-order valence-electron chi connectivity index (χ2n) is 6.85. The standard InChI is InChI=1S/C22H12N4O6S/c23-8-13(9-24-14-1-3-19-20(7-14)31-11-30-19)21-25-17(10-33-21)16-6-12-5-15(26(28)29)2-4-18(12)32-22(16)27/h1-7,9-10,24H,11H2/b13-9+. The Kier molecular flexibility index (Phi) is 4.96. The topological polar surface area (TPSA) is 141 Å². The van der Waals surface area contributed by atoms with Crippen LogP contribution in [-0.4, -0.2) is 16.7 Å². The van der Waals surface area contributed by atoms with Crippen LogP contribution in [-0.2, 0) is 0 Å². The second kappa shape index (κ2) is 8.10. The molecule has 0 saturated heterocycles. The summed E-state index contributed by atoms with van der Waals surface area (Å²) in [5.41, 5.74) is 0.883. The van der Waals surface area contributed by atoms with E-state index in [0.717, 1.165) is 0 Å². The smallest absolute Gasteiger partial charge is 0.345 e. The molecular formula is C22H12N4O6S. The van der Waals surface area contributed by atoms with E-state index in [9.17, 15) is 20.2 Å². The van der Waals surface area contributed by atoms with Crippen LogP contribution in [0.3, 0.4) is 0 Å². The number of hydrogen-bond donors (Lipinski definition) is 1. The fourth-order valence-electron chi connectivity index (χ4n) is 3.21. The van der Waals surface area contributed by atoms with E-state index in [1.165, 1.54) is 41.8 Å². The normalized spacial score (nSPS) is 12.5. The van der Waals surface area contributed by atoms with Gasteiger partial charge in [0.15, 0.2) is 11.5 Å². The van der Waals surface area contributed by atoms with Crippen molar-refractivity contribution in [3.8, 4) is 28.8 Å². The molecule has 0 atom stereocenters. The van der Waals surface area contributed by atoms with Crippen molar-refractivity contribution in [1.82, 2.24) is 4.98 Å². The number of nitrogens with zero attached hydrogens (tertiary/aromatic N) is 3. The quantitative estimate of drug-likeness (QED) is 0.197. The van der Waals surface area contributed by atoms with Crippen LogP contribution < -0.4 is 20.4 Å². The Hall–Kier alpha value is -4.69. The number of nitro groups is 1. The van der Waals surface area contributed by atoms with Gasteiger partial charge in [0.2, 0.25) is 6.79 Å². The number of ether oxygens (including phenoxy) is 2. The summed E-state index contributed by atoms with van der Waals surface area (Å²) in [6.45, 7) is 0.163. The molecule has 10 nitrogen and oxygen atoms in total. The average molecular weight is 460 g/mol. The lowest BCUT2D eigenvalue weighted by molar-refractivity contribution is -0.384. The first-order chi connectivity index (χ1) is 16.0. The molecule has 5 rings (SSSR count). The number of hydrogen-bond acceptors (Lipinski definition) is 10. The molecule has 0 fully saturated rings. The number of rotatable bonds is 5. The molecule has 0 bridgehead atoms. The van der Waals surface area contributed by atoms with Crippen molar-refractivity contribution in [1.29, 1.82) is 5.26 Å². The minimum absolute atomic E-state index is 0.120. The van der Waals surface area contributed by atoms with Crippen molar-refractivity contribution in [2.45, 2.75) is 0 Å². The highest BCUT2D eigenvalue weighted by Crippen LogP contribution is 2.34. The number of aromatic nitrogens is 1. The molecule has 3 heterocycles. The summed E-state index contributed by atoms with van der Waals surface area (Å²) in [7, 11) is 0. The Morgan fingerprint density at radius 1 is 1.21 bits per heavy atom. The lowest BCUT2D eigenvalue weighted by atomic mass is 10.1. The Labute approximate surface area is 189 Å². The van der Waals surface area contributed by atoms with E-state index < -0.39 is 10.5 Å². The number of allylic oxidation sites excluding steroid dienone is 1. The Morgan fingerprint density at radius 2 is 2.06 bits per heavy atom. The van der Waals surface area contributed by atoms with Crippen LogP contribution in [0.15, 0.2) is 63.3 Å². The van der Waals surface area contributed by atoms with Gasteiger partial charge in [-0.25, -0.2) is 9.78 Å². The molecule has 11 heteroatoms. The maximum Gasteiger partial charge on any atom is 0.345 e. The second-order valence-corrected chi connectivity index (χ2v) is 7.70. The van der Waals surface area contributed by atoms with E-state index in [1.807, 2.05) is 0 Å². The predicted molar refractivity (Wildman–Crippen MR) is 120 cm³/mol. The Balaban J connectivity index is 1.45. The molecule has 0 amide bonds. The molecule has 2 aromatic carbocycles. The fraction of sp³-hybridized carbons (Fsp3) is 0.0455. The van der Waals surface area contributed by atoms with Crippen molar-refractivity contribution in [3.05, 3.63) is 79.6 Å². The van der Waals surface area contributed by atoms with Crippen molar-refractivity contribution in [2.75, 3.05) is 12.1 Å². The molecule has 2 aromatic heterocycles. The summed E-state index contributed by atoms with van der Waals surface area (Å²) < 4.78 is 15.9. The van der Waals surface area contributed by atoms with Crippen LogP contribution in [0.1, 0.15) is 5.01 Å². The third-order valence-corrected chi connectivity index (χ3v) is 5.69. The van der Waals surface area contributed by atoms with Crippen LogP contribution in [0.2, 0.25) is 0 Å². The molecule has 1 N–H and O–H groups in total. The van der Waals surface area contributed by atoms with E-state index in [1.54, 1.807) is 23.6 Å². The molecule has 4 aromatic rings. The minimum atomic E-state index is -0.630. The van der Waals surface area contributed by atoms with Gasteiger partial charge in [0.05, 0.1) is 16.2 Å². The summed E-state index contributed by atoms with van der Waals surface area (Å²) in [6.07, 6.45) is 1.51. The summed E-state index contributed by atoms with van der Waals surface area (Å²) in [6, 6.07) is 12.8. The molecule has 1 aliphatic heterocycles. The van der Waals surface area contributed by atoms with E-state index in [-0.39, 0.29) is 29.2 Å². The van der Waals surface area contributed by atoms with Crippen LogP contribution in [0.4, 0.5) is 11.4 Å². The molecule has 162 valence electrons. The highest BCUT2D eigenvalue weighted by Gasteiger charge is 2.16. The Bertz CT molecular complexity index is 1550. The third kappa shape index (κ3) is 3.86. The number of nitrogens with one attached hydrogen (secondary N) is 1. The predicted octanol–water partition coefficient (Wildman–Crippen LogP) is 4.53. The van der Waals surface area contributed by atoms with Crippen LogP contribution in [0.5, 0.6) is 11.5 Å². The fourth-order valence-corrected chi connectivity index (χ4v) is 3.99. The first-order valence-corrected chi connectivity index (χ1v) is 10.3. The summed E-state index contributed by atoms with van der Waals surface area (Å²) in [5, 5.41) is 26.1. The van der Waals surface area contributed by atoms with Gasteiger partial charge in [-0.2, -0.15) is 5.26 Å². The molecule has 33 heavy (non-hydrogen) atoms. The van der Waals surface area contributed by atoms with Crippen molar-refractivity contribution < 1.29 is 18.8 Å². The lowest BCUT2D eigenvalue weighted by Crippen LogP contribution is -2.03. The number of nitro benzene ring substituents is 1. The molecule has 1 aliphatic rings. The lowest BCUT2D eigenvalue weighted by Gasteiger charge is -2.03. The molecule has 0 radical (unpaired) electrons. The molecular weight excluding hydrogens is 448 g/mol. The average Bonchev–Trinajstić information content (AvgIpc) is 3.48. The number of thiazole rings is 1. The van der Waals surface area contributed by atoms with E-state index >= 15 is 0 Å². The van der Waals surface area contributed by atoms with Gasteiger partial charge in [0, 0.05) is 40.9 Å². The molecule has 0 spiro atoms. The number of non-ortho nitro benzene ring substituents is 1. The van der Waals surface area contributed by atoms with E-state index in [4.69, 9.17) is 13.9 Å². The summed E-state index contributed by atoms with van der Waals surface area (Å²) in [5.74, 6) is 1.25. The third-order valence-electron chi connectivity index (χ3n) is 4.81. The SMILES string of the molecule is N#C/C(=C\Nc1ccc2c(c1)OCO2)c1nc(-c2cc3cc([N+](=O)[O-])ccc3oc2=O)cs1. The number of nitriles is 1. The first kappa shape index (κ1) is 20.2. The van der Waals surface area contributed by atoms with Crippen LogP contribution in [0.25, 0.3) is 27.8 Å². The zero-order chi connectivity index (χ0) is 22.9. The van der Waals surface area contributed by atoms with E-state index in [0.29, 0.717) is 33.3 Å². The van der Waals surface area contributed by atoms with Gasteiger partial charge in [0.1, 0.15) is 22.2 Å². The van der Waals surface area contributed by atoms with Gasteiger partial charge in [-0.1, -0.05) is 0 Å². The monoisotopic (exact) mass is 460 g/mol. The highest BCUT2D eigenvalue weighted by molar-refractivity contribution is 7.11. The van der Waals surface area contributed by atoms with Gasteiger partial charge < -0.3 is 19.2 Å². The van der Waals surface area contributed by atoms with Gasteiger partial charge in [-0.3, -0.25) is 10.1 Å². The van der Waals surface area contributed by atoms with Gasteiger partial charge >= 0.3 is 5.63 Å². The maximum atomic E-state index is 12.5. The largest absolute Gasteiger partial charge is 0.454 e. The molecule has 0 aliphatic carbocycles. The zero-order valence-electron chi connectivity index (χ0n) is 16.6. The van der Waals surface area contributed by atoms with Gasteiger partial charge in [0.25, 0.3) is 5.69 Å². The molecule has 0 saturated carbocycles. The molecule has 0 unspecified atom stereocenters. The summed E-state index contributed by atoms with van der Waals surface area (Å²) in [4.78, 5) is 27.4. The van der Waals surface area contributed by atoms with Crippen LogP contribution >= 0.6 is 11.3 Å². The summed E-state index contributed by atoms with van der Waals surface area (Å²) >= 11 is 1.18. The Morgan fingerprint density at radius 3 is 2.88 bits per heavy atom. The van der Waals surface area contributed by atoms with E-state index in [2.05, 4.69) is 16.4 Å². The maximum absolute atomic E-state index is 12.5. The number of anilines is 1. The first-order valence-electron chi connectivity index (χ1n) is 9.47. The zero-order valence-corrected chi connectivity index (χ0v) is 17.4. The van der Waals surface area contributed by atoms with Crippen molar-refractivity contribution in [2.24, 2.45) is 0 Å². The van der Waals surface area contributed by atoms with Crippen molar-refractivity contribution in [3.63, 3.8) is 0 Å². The minimum Gasteiger partial charge on any atom is -0.454 e.